The molecule has 0 amide bonds. The summed E-state index contributed by atoms with van der Waals surface area (Å²) in [5, 5.41) is 0. The van der Waals surface area contributed by atoms with Gasteiger partial charge in [-0.1, -0.05) is 24.6 Å². The van der Waals surface area contributed by atoms with E-state index in [0.29, 0.717) is 0 Å². The van der Waals surface area contributed by atoms with Gasteiger partial charge >= 0.3 is 0 Å². The first-order valence-corrected chi connectivity index (χ1v) is 10.7. The monoisotopic (exact) mass is 366 g/mol. The fourth-order valence-electron chi connectivity index (χ4n) is 5.14. The Hall–Kier alpha value is -1.65. The molecule has 146 valence electrons. The highest BCUT2D eigenvalue weighted by atomic mass is 15.2. The predicted molar refractivity (Wildman–Crippen MR) is 112 cm³/mol. The topological polar surface area (TPSA) is 24.3 Å². The van der Waals surface area contributed by atoms with E-state index in [2.05, 4.69) is 58.9 Å². The van der Waals surface area contributed by atoms with E-state index in [9.17, 15) is 0 Å². The number of rotatable bonds is 6. The molecule has 2 fully saturated rings. The summed E-state index contributed by atoms with van der Waals surface area (Å²) in [5.41, 5.74) is 2.58. The lowest BCUT2D eigenvalue weighted by atomic mass is 9.81. The molecule has 1 aromatic carbocycles. The number of imidazole rings is 1. The standard InChI is InChI=1S/C23H34N4/c1-25(2)18-19-7-5-8-21(17-19)23-24-12-16-27(23)15-11-20-9-6-14-26-13-4-3-10-22(20)26/h5,7-8,12,16-17,20,22H,3-4,6,9-11,13-15,18H2,1-2H3/t20-,22+/m0/s1. The summed E-state index contributed by atoms with van der Waals surface area (Å²) in [6, 6.07) is 9.69. The molecule has 2 aromatic rings. The molecule has 0 N–H and O–H groups in total. The Morgan fingerprint density at radius 3 is 2.89 bits per heavy atom. The zero-order valence-electron chi connectivity index (χ0n) is 17.0. The third-order valence-electron chi connectivity index (χ3n) is 6.37. The van der Waals surface area contributed by atoms with E-state index in [1.165, 1.54) is 62.7 Å². The van der Waals surface area contributed by atoms with Crippen LogP contribution in [0.15, 0.2) is 36.7 Å². The molecule has 0 aliphatic carbocycles. The number of benzene rings is 1. The Bertz CT molecular complexity index is 733. The van der Waals surface area contributed by atoms with Gasteiger partial charge in [0, 0.05) is 37.1 Å². The minimum Gasteiger partial charge on any atom is -0.331 e. The van der Waals surface area contributed by atoms with Gasteiger partial charge in [0.25, 0.3) is 0 Å². The van der Waals surface area contributed by atoms with Gasteiger partial charge in [-0.2, -0.15) is 0 Å². The van der Waals surface area contributed by atoms with Gasteiger partial charge in [0.2, 0.25) is 0 Å². The van der Waals surface area contributed by atoms with Crippen LogP contribution in [0.25, 0.3) is 11.4 Å². The number of fused-ring (bicyclic) bond motifs is 1. The van der Waals surface area contributed by atoms with Crippen LogP contribution in [0.5, 0.6) is 0 Å². The van der Waals surface area contributed by atoms with Crippen LogP contribution in [0, 0.1) is 5.92 Å². The zero-order chi connectivity index (χ0) is 18.6. The van der Waals surface area contributed by atoms with Crippen molar-refractivity contribution in [2.45, 2.75) is 57.7 Å². The van der Waals surface area contributed by atoms with Gasteiger partial charge in [0.15, 0.2) is 0 Å². The number of aromatic nitrogens is 2. The molecule has 4 nitrogen and oxygen atoms in total. The molecule has 0 radical (unpaired) electrons. The molecule has 0 spiro atoms. The maximum atomic E-state index is 4.69. The van der Waals surface area contributed by atoms with Crippen molar-refractivity contribution in [2.75, 3.05) is 27.2 Å². The van der Waals surface area contributed by atoms with E-state index in [-0.39, 0.29) is 0 Å². The Morgan fingerprint density at radius 1 is 1.11 bits per heavy atom. The van der Waals surface area contributed by atoms with Gasteiger partial charge in [0.05, 0.1) is 0 Å². The summed E-state index contributed by atoms with van der Waals surface area (Å²) in [5.74, 6) is 1.97. The lowest BCUT2D eigenvalue weighted by molar-refractivity contribution is 0.0539. The first-order chi connectivity index (χ1) is 13.2. The van der Waals surface area contributed by atoms with E-state index in [1.54, 1.807) is 0 Å². The van der Waals surface area contributed by atoms with E-state index in [1.807, 2.05) is 6.20 Å². The number of hydrogen-bond donors (Lipinski definition) is 0. The summed E-state index contributed by atoms with van der Waals surface area (Å²) >= 11 is 0. The van der Waals surface area contributed by atoms with Crippen molar-refractivity contribution in [3.05, 3.63) is 42.2 Å². The molecule has 1 aromatic heterocycles. The molecule has 0 bridgehead atoms. The van der Waals surface area contributed by atoms with Crippen LogP contribution in [0.4, 0.5) is 0 Å². The molecule has 2 saturated heterocycles. The largest absolute Gasteiger partial charge is 0.331 e. The fraction of sp³-hybridized carbons (Fsp3) is 0.609. The number of hydrogen-bond acceptors (Lipinski definition) is 3. The van der Waals surface area contributed by atoms with E-state index < -0.39 is 0 Å². The quantitative estimate of drug-likeness (QED) is 0.763. The van der Waals surface area contributed by atoms with Crippen molar-refractivity contribution in [3.8, 4) is 11.4 Å². The van der Waals surface area contributed by atoms with Crippen LogP contribution < -0.4 is 0 Å². The molecule has 3 heterocycles. The third-order valence-corrected chi connectivity index (χ3v) is 6.37. The number of nitrogens with zero attached hydrogens (tertiary/aromatic N) is 4. The first-order valence-electron chi connectivity index (χ1n) is 10.7. The molecular formula is C23H34N4. The van der Waals surface area contributed by atoms with E-state index in [0.717, 1.165) is 30.9 Å². The van der Waals surface area contributed by atoms with Crippen molar-refractivity contribution in [2.24, 2.45) is 5.92 Å². The SMILES string of the molecule is CN(C)Cc1cccc(-c2nccn2CC[C@@H]2CCCN3CCCC[C@H]23)c1. The summed E-state index contributed by atoms with van der Waals surface area (Å²) in [7, 11) is 4.23. The molecule has 27 heavy (non-hydrogen) atoms. The average molecular weight is 367 g/mol. The van der Waals surface area contributed by atoms with Crippen molar-refractivity contribution in [1.82, 2.24) is 19.4 Å². The summed E-state index contributed by atoms with van der Waals surface area (Å²) < 4.78 is 2.37. The molecule has 2 aliphatic rings. The van der Waals surface area contributed by atoms with Crippen molar-refractivity contribution < 1.29 is 0 Å². The first kappa shape index (κ1) is 18.7. The Kier molecular flexibility index (Phi) is 5.94. The normalized spacial score (nSPS) is 23.5. The highest BCUT2D eigenvalue weighted by Crippen LogP contribution is 2.33. The van der Waals surface area contributed by atoms with Crippen LogP contribution in [-0.2, 0) is 13.1 Å². The molecule has 4 rings (SSSR count). The van der Waals surface area contributed by atoms with Crippen LogP contribution in [0.3, 0.4) is 0 Å². The van der Waals surface area contributed by atoms with Crippen molar-refractivity contribution in [1.29, 1.82) is 0 Å². The molecule has 2 atom stereocenters. The third kappa shape index (κ3) is 4.44. The second-order valence-corrected chi connectivity index (χ2v) is 8.67. The lowest BCUT2D eigenvalue weighted by Crippen LogP contribution is -2.48. The van der Waals surface area contributed by atoms with Crippen LogP contribution in [-0.4, -0.2) is 52.6 Å². The Labute approximate surface area is 164 Å². The van der Waals surface area contributed by atoms with Gasteiger partial charge in [0.1, 0.15) is 5.82 Å². The molecule has 4 heteroatoms. The second-order valence-electron chi connectivity index (χ2n) is 8.67. The van der Waals surface area contributed by atoms with Gasteiger partial charge in [-0.15, -0.1) is 0 Å². The average Bonchev–Trinajstić information content (AvgIpc) is 3.14. The molecule has 0 unspecified atom stereocenters. The second kappa shape index (κ2) is 8.57. The Balaban J connectivity index is 1.45. The number of aryl methyl sites for hydroxylation is 1. The minimum absolute atomic E-state index is 0.836. The van der Waals surface area contributed by atoms with Gasteiger partial charge in [-0.05, 0) is 76.8 Å². The summed E-state index contributed by atoms with van der Waals surface area (Å²) in [4.78, 5) is 9.68. The summed E-state index contributed by atoms with van der Waals surface area (Å²) in [6.45, 7) is 4.71. The van der Waals surface area contributed by atoms with Gasteiger partial charge in [-0.25, -0.2) is 4.98 Å². The fourth-order valence-corrected chi connectivity index (χ4v) is 5.14. The van der Waals surface area contributed by atoms with E-state index >= 15 is 0 Å². The van der Waals surface area contributed by atoms with Gasteiger partial charge < -0.3 is 14.4 Å². The lowest BCUT2D eigenvalue weighted by Gasteiger charge is -2.44. The Morgan fingerprint density at radius 2 is 2.00 bits per heavy atom. The maximum Gasteiger partial charge on any atom is 0.139 e. The van der Waals surface area contributed by atoms with Crippen LogP contribution in [0.1, 0.15) is 44.1 Å². The summed E-state index contributed by atoms with van der Waals surface area (Å²) in [6.07, 6.45) is 12.4. The highest BCUT2D eigenvalue weighted by Gasteiger charge is 2.32. The van der Waals surface area contributed by atoms with Crippen molar-refractivity contribution in [3.63, 3.8) is 0 Å². The molecular weight excluding hydrogens is 332 g/mol. The zero-order valence-corrected chi connectivity index (χ0v) is 17.0. The highest BCUT2D eigenvalue weighted by molar-refractivity contribution is 5.56. The van der Waals surface area contributed by atoms with Crippen LogP contribution in [0.2, 0.25) is 0 Å². The molecule has 2 aliphatic heterocycles. The minimum atomic E-state index is 0.836. The van der Waals surface area contributed by atoms with Gasteiger partial charge in [-0.3, -0.25) is 0 Å². The predicted octanol–water partition coefficient (Wildman–Crippen LogP) is 4.27. The van der Waals surface area contributed by atoms with E-state index in [4.69, 9.17) is 4.98 Å². The smallest absolute Gasteiger partial charge is 0.139 e. The van der Waals surface area contributed by atoms with Crippen molar-refractivity contribution >= 4 is 0 Å². The number of piperidine rings is 2. The molecule has 0 saturated carbocycles. The van der Waals surface area contributed by atoms with Crippen LogP contribution >= 0.6 is 0 Å². The maximum absolute atomic E-state index is 4.69.